The molecule has 8 nitrogen and oxygen atoms in total. The summed E-state index contributed by atoms with van der Waals surface area (Å²) in [5.74, 6) is -1.85. The van der Waals surface area contributed by atoms with Crippen molar-refractivity contribution in [2.75, 3.05) is 11.9 Å². The lowest BCUT2D eigenvalue weighted by atomic mass is 9.98. The molecule has 1 atom stereocenters. The summed E-state index contributed by atoms with van der Waals surface area (Å²) in [5.41, 5.74) is 3.65. The zero-order chi connectivity index (χ0) is 20.1. The molecule has 1 unspecified atom stereocenters. The number of aryl methyl sites for hydroxylation is 2. The second kappa shape index (κ2) is 8.48. The Morgan fingerprint density at radius 2 is 1.81 bits per heavy atom. The number of carboxylic acids is 1. The molecule has 0 fully saturated rings. The van der Waals surface area contributed by atoms with E-state index in [1.807, 2.05) is 27.8 Å². The predicted molar refractivity (Wildman–Crippen MR) is 101 cm³/mol. The Balaban J connectivity index is 2.00. The highest BCUT2D eigenvalue weighted by Gasteiger charge is 2.22. The van der Waals surface area contributed by atoms with Gasteiger partial charge in [0.15, 0.2) is 0 Å². The highest BCUT2D eigenvalue weighted by molar-refractivity contribution is 5.97. The lowest BCUT2D eigenvalue weighted by Gasteiger charge is -2.13. The third kappa shape index (κ3) is 4.93. The van der Waals surface area contributed by atoms with Crippen molar-refractivity contribution in [3.63, 3.8) is 0 Å². The molecule has 0 aliphatic carbocycles. The van der Waals surface area contributed by atoms with Crippen molar-refractivity contribution < 1.29 is 19.5 Å². The van der Waals surface area contributed by atoms with Gasteiger partial charge >= 0.3 is 5.97 Å². The minimum absolute atomic E-state index is 0.0635. The van der Waals surface area contributed by atoms with Gasteiger partial charge in [-0.25, -0.2) is 0 Å². The number of amides is 2. The van der Waals surface area contributed by atoms with Gasteiger partial charge in [0, 0.05) is 36.1 Å². The Labute approximate surface area is 157 Å². The van der Waals surface area contributed by atoms with Gasteiger partial charge in [0.25, 0.3) is 5.91 Å². The minimum atomic E-state index is -0.971. The topological polar surface area (TPSA) is 113 Å². The van der Waals surface area contributed by atoms with E-state index in [4.69, 9.17) is 5.11 Å². The molecule has 1 aromatic carbocycles. The van der Waals surface area contributed by atoms with Gasteiger partial charge in [0.2, 0.25) is 5.91 Å². The van der Waals surface area contributed by atoms with E-state index in [0.29, 0.717) is 11.3 Å². The molecular formula is C19H24N4O4. The highest BCUT2D eigenvalue weighted by Crippen LogP contribution is 2.24. The van der Waals surface area contributed by atoms with Gasteiger partial charge in [0.1, 0.15) is 0 Å². The third-order valence-electron chi connectivity index (χ3n) is 4.43. The van der Waals surface area contributed by atoms with Gasteiger partial charge in [-0.1, -0.05) is 0 Å². The molecule has 0 saturated carbocycles. The molecule has 2 aromatic rings. The van der Waals surface area contributed by atoms with E-state index in [1.54, 1.807) is 28.9 Å². The number of nitrogens with zero attached hydrogens (tertiary/aromatic N) is 2. The molecular weight excluding hydrogens is 348 g/mol. The fourth-order valence-electron chi connectivity index (χ4n) is 2.89. The van der Waals surface area contributed by atoms with Crippen LogP contribution >= 0.6 is 0 Å². The number of carboxylic acid groups (broad SMARTS) is 1. The average molecular weight is 372 g/mol. The van der Waals surface area contributed by atoms with Gasteiger partial charge < -0.3 is 15.7 Å². The van der Waals surface area contributed by atoms with Crippen molar-refractivity contribution in [3.05, 3.63) is 46.8 Å². The van der Waals surface area contributed by atoms with Gasteiger partial charge in [0.05, 0.1) is 18.0 Å². The first-order chi connectivity index (χ1) is 12.7. The number of hydrogen-bond acceptors (Lipinski definition) is 4. The lowest BCUT2D eigenvalue weighted by Crippen LogP contribution is -2.26. The summed E-state index contributed by atoms with van der Waals surface area (Å²) >= 11 is 0. The molecule has 1 aromatic heterocycles. The SMILES string of the molecule is Cc1nn(C)c(C)c1C(C)C(=O)Nc1ccc(C(=O)NCCC(=O)O)cc1. The van der Waals surface area contributed by atoms with Gasteiger partial charge in [-0.15, -0.1) is 0 Å². The van der Waals surface area contributed by atoms with Gasteiger partial charge in [-0.05, 0) is 45.0 Å². The van der Waals surface area contributed by atoms with Crippen LogP contribution in [0.4, 0.5) is 5.69 Å². The van der Waals surface area contributed by atoms with Crippen molar-refractivity contribution >= 4 is 23.5 Å². The zero-order valence-electron chi connectivity index (χ0n) is 15.9. The summed E-state index contributed by atoms with van der Waals surface area (Å²) in [5, 5.41) is 18.3. The normalized spacial score (nSPS) is 11.7. The quantitative estimate of drug-likeness (QED) is 0.688. The van der Waals surface area contributed by atoms with Crippen LogP contribution in [0, 0.1) is 13.8 Å². The number of benzene rings is 1. The van der Waals surface area contributed by atoms with Crippen LogP contribution in [0.2, 0.25) is 0 Å². The largest absolute Gasteiger partial charge is 0.481 e. The van der Waals surface area contributed by atoms with E-state index < -0.39 is 5.97 Å². The summed E-state index contributed by atoms with van der Waals surface area (Å²) in [7, 11) is 1.84. The molecule has 8 heteroatoms. The number of nitrogens with one attached hydrogen (secondary N) is 2. The van der Waals surface area contributed by atoms with Crippen molar-refractivity contribution in [3.8, 4) is 0 Å². The number of anilines is 1. The predicted octanol–water partition coefficient (Wildman–Crippen LogP) is 1.98. The Bertz CT molecular complexity index is 855. The summed E-state index contributed by atoms with van der Waals surface area (Å²) < 4.78 is 1.76. The average Bonchev–Trinajstić information content (AvgIpc) is 2.86. The summed E-state index contributed by atoms with van der Waals surface area (Å²) in [6.45, 7) is 5.70. The van der Waals surface area contributed by atoms with E-state index in [-0.39, 0.29) is 30.7 Å². The fourth-order valence-corrected chi connectivity index (χ4v) is 2.89. The second-order valence-electron chi connectivity index (χ2n) is 6.40. The molecule has 3 N–H and O–H groups in total. The molecule has 0 aliphatic rings. The van der Waals surface area contributed by atoms with Crippen LogP contribution in [0.25, 0.3) is 0 Å². The van der Waals surface area contributed by atoms with Crippen molar-refractivity contribution in [2.24, 2.45) is 7.05 Å². The molecule has 2 amide bonds. The molecule has 2 rings (SSSR count). The van der Waals surface area contributed by atoms with Crippen molar-refractivity contribution in [1.82, 2.24) is 15.1 Å². The molecule has 0 spiro atoms. The molecule has 0 aliphatic heterocycles. The standard InChI is InChI=1S/C19H24N4O4/c1-11(17-12(2)22-23(4)13(17)3)18(26)21-15-7-5-14(6-8-15)19(27)20-10-9-16(24)25/h5-8,11H,9-10H2,1-4H3,(H,20,27)(H,21,26)(H,24,25). The molecule has 0 bridgehead atoms. The van der Waals surface area contributed by atoms with E-state index in [2.05, 4.69) is 15.7 Å². The van der Waals surface area contributed by atoms with Crippen LogP contribution in [0.15, 0.2) is 24.3 Å². The smallest absolute Gasteiger partial charge is 0.305 e. The number of aliphatic carboxylic acids is 1. The first-order valence-corrected chi connectivity index (χ1v) is 8.61. The first kappa shape index (κ1) is 20.2. The van der Waals surface area contributed by atoms with Gasteiger partial charge in [-0.3, -0.25) is 19.1 Å². The van der Waals surface area contributed by atoms with Crippen molar-refractivity contribution in [1.29, 1.82) is 0 Å². The van der Waals surface area contributed by atoms with Gasteiger partial charge in [-0.2, -0.15) is 5.10 Å². The fraction of sp³-hybridized carbons (Fsp3) is 0.368. The summed E-state index contributed by atoms with van der Waals surface area (Å²) in [4.78, 5) is 35.0. The van der Waals surface area contributed by atoms with Crippen LogP contribution in [0.5, 0.6) is 0 Å². The van der Waals surface area contributed by atoms with E-state index in [0.717, 1.165) is 17.0 Å². The van der Waals surface area contributed by atoms with E-state index >= 15 is 0 Å². The Morgan fingerprint density at radius 3 is 2.33 bits per heavy atom. The molecule has 0 radical (unpaired) electrons. The Kier molecular flexibility index (Phi) is 6.33. The number of rotatable bonds is 7. The molecule has 27 heavy (non-hydrogen) atoms. The molecule has 144 valence electrons. The number of carbonyl (C=O) groups excluding carboxylic acids is 2. The summed E-state index contributed by atoms with van der Waals surface area (Å²) in [6.07, 6.45) is -0.134. The number of aromatic nitrogens is 2. The lowest BCUT2D eigenvalue weighted by molar-refractivity contribution is -0.136. The van der Waals surface area contributed by atoms with E-state index in [1.165, 1.54) is 0 Å². The third-order valence-corrected chi connectivity index (χ3v) is 4.43. The number of hydrogen-bond donors (Lipinski definition) is 3. The van der Waals surface area contributed by atoms with Crippen LogP contribution in [0.1, 0.15) is 46.6 Å². The Morgan fingerprint density at radius 1 is 1.19 bits per heavy atom. The number of carbonyl (C=O) groups is 3. The first-order valence-electron chi connectivity index (χ1n) is 8.61. The van der Waals surface area contributed by atoms with Crippen LogP contribution < -0.4 is 10.6 Å². The maximum atomic E-state index is 12.6. The highest BCUT2D eigenvalue weighted by atomic mass is 16.4. The van der Waals surface area contributed by atoms with E-state index in [9.17, 15) is 14.4 Å². The van der Waals surface area contributed by atoms with Crippen LogP contribution in [-0.4, -0.2) is 39.2 Å². The van der Waals surface area contributed by atoms with Crippen LogP contribution in [-0.2, 0) is 16.6 Å². The maximum Gasteiger partial charge on any atom is 0.305 e. The second-order valence-corrected chi connectivity index (χ2v) is 6.40. The Hall–Kier alpha value is -3.16. The maximum absolute atomic E-state index is 12.6. The minimum Gasteiger partial charge on any atom is -0.481 e. The summed E-state index contributed by atoms with van der Waals surface area (Å²) in [6, 6.07) is 6.44. The molecule has 1 heterocycles. The zero-order valence-corrected chi connectivity index (χ0v) is 15.9. The molecule has 0 saturated heterocycles. The van der Waals surface area contributed by atoms with Crippen molar-refractivity contribution in [2.45, 2.75) is 33.1 Å². The van der Waals surface area contributed by atoms with Crippen LogP contribution in [0.3, 0.4) is 0 Å². The monoisotopic (exact) mass is 372 g/mol.